The highest BCUT2D eigenvalue weighted by molar-refractivity contribution is 5.79. The van der Waals surface area contributed by atoms with Crippen molar-refractivity contribution in [1.82, 2.24) is 10.2 Å². The Hall–Kier alpha value is -1.14. The van der Waals surface area contributed by atoms with Crippen molar-refractivity contribution < 1.29 is 19.8 Å². The summed E-state index contributed by atoms with van der Waals surface area (Å²) in [6.07, 6.45) is 1.65. The van der Waals surface area contributed by atoms with Crippen molar-refractivity contribution in [2.24, 2.45) is 5.92 Å². The lowest BCUT2D eigenvalue weighted by atomic mass is 9.95. The first-order valence-corrected chi connectivity index (χ1v) is 5.76. The highest BCUT2D eigenvalue weighted by atomic mass is 16.4. The molecule has 0 aromatic rings. The largest absolute Gasteiger partial charge is 0.479 e. The van der Waals surface area contributed by atoms with E-state index in [1.54, 1.807) is 7.05 Å². The van der Waals surface area contributed by atoms with Crippen molar-refractivity contribution in [3.8, 4) is 0 Å². The number of amides is 1. The summed E-state index contributed by atoms with van der Waals surface area (Å²) in [4.78, 5) is 24.1. The minimum Gasteiger partial charge on any atom is -0.479 e. The Labute approximate surface area is 101 Å². The number of carbonyl (C=O) groups excluding carboxylic acids is 1. The smallest absolute Gasteiger partial charge is 0.336 e. The summed E-state index contributed by atoms with van der Waals surface area (Å²) in [5.41, 5.74) is -1.76. The van der Waals surface area contributed by atoms with Crippen LogP contribution in [0, 0.1) is 5.92 Å². The van der Waals surface area contributed by atoms with E-state index < -0.39 is 11.6 Å². The van der Waals surface area contributed by atoms with E-state index in [2.05, 4.69) is 5.32 Å². The lowest BCUT2D eigenvalue weighted by Crippen LogP contribution is -2.51. The van der Waals surface area contributed by atoms with Crippen LogP contribution in [0.2, 0.25) is 0 Å². The van der Waals surface area contributed by atoms with E-state index in [1.165, 1.54) is 6.92 Å². The Bertz CT molecular complexity index is 304. The number of nitrogens with one attached hydrogen (secondary N) is 1. The fraction of sp³-hybridized carbons (Fsp3) is 0.818. The SMILES string of the molecule is CNC(=O)C1CCCN(CC(C)(O)C(=O)O)C1. The summed E-state index contributed by atoms with van der Waals surface area (Å²) in [6.45, 7) is 2.55. The molecule has 1 heterocycles. The number of likely N-dealkylation sites (tertiary alicyclic amines) is 1. The number of hydrogen-bond acceptors (Lipinski definition) is 4. The molecule has 2 atom stereocenters. The summed E-state index contributed by atoms with van der Waals surface area (Å²) in [7, 11) is 1.59. The molecule has 17 heavy (non-hydrogen) atoms. The standard InChI is InChI=1S/C11H20N2O4/c1-11(17,10(15)16)7-13-5-3-4-8(6-13)9(14)12-2/h8,17H,3-7H2,1-2H3,(H,12,14)(H,15,16). The van der Waals surface area contributed by atoms with Crippen LogP contribution in [0.15, 0.2) is 0 Å². The number of nitrogens with zero attached hydrogens (tertiary/aromatic N) is 1. The third-order valence-corrected chi connectivity index (χ3v) is 3.11. The first kappa shape index (κ1) is 13.9. The molecule has 0 aromatic heterocycles. The molecule has 1 saturated heterocycles. The molecule has 0 radical (unpaired) electrons. The van der Waals surface area contributed by atoms with Crippen LogP contribution < -0.4 is 5.32 Å². The molecule has 0 spiro atoms. The summed E-state index contributed by atoms with van der Waals surface area (Å²) in [5, 5.41) is 21.1. The number of piperidine rings is 1. The maximum atomic E-state index is 11.5. The van der Waals surface area contributed by atoms with Gasteiger partial charge in [0.25, 0.3) is 0 Å². The maximum Gasteiger partial charge on any atom is 0.336 e. The number of rotatable bonds is 4. The number of carboxylic acids is 1. The number of aliphatic hydroxyl groups is 1. The molecule has 2 unspecified atom stereocenters. The Kier molecular flexibility index (Phi) is 4.47. The van der Waals surface area contributed by atoms with Crippen LogP contribution in [-0.2, 0) is 9.59 Å². The van der Waals surface area contributed by atoms with Gasteiger partial charge < -0.3 is 15.5 Å². The van der Waals surface area contributed by atoms with Crippen molar-refractivity contribution >= 4 is 11.9 Å². The van der Waals surface area contributed by atoms with Gasteiger partial charge in [-0.15, -0.1) is 0 Å². The summed E-state index contributed by atoms with van der Waals surface area (Å²) < 4.78 is 0. The molecular formula is C11H20N2O4. The zero-order chi connectivity index (χ0) is 13.1. The van der Waals surface area contributed by atoms with Crippen LogP contribution in [0.4, 0.5) is 0 Å². The highest BCUT2D eigenvalue weighted by Gasteiger charge is 2.35. The van der Waals surface area contributed by atoms with Crippen molar-refractivity contribution in [3.63, 3.8) is 0 Å². The molecule has 0 aromatic carbocycles. The molecule has 1 amide bonds. The van der Waals surface area contributed by atoms with Crippen LogP contribution in [0.3, 0.4) is 0 Å². The molecule has 3 N–H and O–H groups in total. The minimum atomic E-state index is -1.76. The normalized spacial score (nSPS) is 25.0. The monoisotopic (exact) mass is 244 g/mol. The van der Waals surface area contributed by atoms with Gasteiger partial charge in [-0.1, -0.05) is 0 Å². The molecule has 1 fully saturated rings. The minimum absolute atomic E-state index is 0.0235. The molecule has 0 bridgehead atoms. The number of aliphatic carboxylic acids is 1. The van der Waals surface area contributed by atoms with Crippen molar-refractivity contribution in [2.45, 2.75) is 25.4 Å². The van der Waals surface area contributed by atoms with Gasteiger partial charge in [0.1, 0.15) is 0 Å². The van der Waals surface area contributed by atoms with Gasteiger partial charge in [0.05, 0.1) is 5.92 Å². The zero-order valence-corrected chi connectivity index (χ0v) is 10.3. The van der Waals surface area contributed by atoms with Crippen LogP contribution in [0.1, 0.15) is 19.8 Å². The molecule has 1 rings (SSSR count). The summed E-state index contributed by atoms with van der Waals surface area (Å²) >= 11 is 0. The predicted octanol–water partition coefficient (Wildman–Crippen LogP) is -0.720. The van der Waals surface area contributed by atoms with Gasteiger partial charge in [-0.2, -0.15) is 0 Å². The molecule has 6 heteroatoms. The fourth-order valence-electron chi connectivity index (χ4n) is 2.12. The summed E-state index contributed by atoms with van der Waals surface area (Å²) in [6, 6.07) is 0. The number of β-amino-alcohol motifs (C(OH)–C–C–N with tert-alkyl or cyclic N) is 1. The van der Waals surface area contributed by atoms with Crippen LogP contribution in [-0.4, -0.2) is 59.3 Å². The molecule has 1 aliphatic rings. The molecule has 6 nitrogen and oxygen atoms in total. The molecule has 1 aliphatic heterocycles. The second-order valence-corrected chi connectivity index (χ2v) is 4.77. The van der Waals surface area contributed by atoms with Crippen molar-refractivity contribution in [2.75, 3.05) is 26.7 Å². The molecule has 98 valence electrons. The predicted molar refractivity (Wildman–Crippen MR) is 61.5 cm³/mol. The topological polar surface area (TPSA) is 89.9 Å². The lowest BCUT2D eigenvalue weighted by molar-refractivity contribution is -0.159. The second-order valence-electron chi connectivity index (χ2n) is 4.77. The average molecular weight is 244 g/mol. The number of carbonyl (C=O) groups is 2. The quantitative estimate of drug-likeness (QED) is 0.607. The van der Waals surface area contributed by atoms with E-state index in [4.69, 9.17) is 5.11 Å². The van der Waals surface area contributed by atoms with Crippen LogP contribution >= 0.6 is 0 Å². The van der Waals surface area contributed by atoms with Gasteiger partial charge in [0, 0.05) is 20.1 Å². The Morgan fingerprint density at radius 1 is 1.53 bits per heavy atom. The van der Waals surface area contributed by atoms with Gasteiger partial charge in [-0.25, -0.2) is 4.79 Å². The van der Waals surface area contributed by atoms with E-state index in [1.807, 2.05) is 4.90 Å². The van der Waals surface area contributed by atoms with Gasteiger partial charge in [-0.3, -0.25) is 9.69 Å². The van der Waals surface area contributed by atoms with E-state index in [0.717, 1.165) is 19.4 Å². The second kappa shape index (κ2) is 5.46. The van der Waals surface area contributed by atoms with Crippen molar-refractivity contribution in [3.05, 3.63) is 0 Å². The first-order valence-electron chi connectivity index (χ1n) is 5.76. The number of carboxylic acid groups (broad SMARTS) is 1. The van der Waals surface area contributed by atoms with Crippen LogP contribution in [0.5, 0.6) is 0 Å². The average Bonchev–Trinajstić information content (AvgIpc) is 2.27. The Morgan fingerprint density at radius 3 is 2.71 bits per heavy atom. The van der Waals surface area contributed by atoms with E-state index in [-0.39, 0.29) is 18.4 Å². The van der Waals surface area contributed by atoms with E-state index in [9.17, 15) is 14.7 Å². The Balaban J connectivity index is 2.56. The summed E-state index contributed by atoms with van der Waals surface area (Å²) in [5.74, 6) is -1.37. The van der Waals surface area contributed by atoms with Gasteiger partial charge in [-0.05, 0) is 26.3 Å². The van der Waals surface area contributed by atoms with E-state index >= 15 is 0 Å². The van der Waals surface area contributed by atoms with Gasteiger partial charge in [0.2, 0.25) is 5.91 Å². The Morgan fingerprint density at radius 2 is 2.18 bits per heavy atom. The zero-order valence-electron chi connectivity index (χ0n) is 10.3. The lowest BCUT2D eigenvalue weighted by Gasteiger charge is -2.34. The van der Waals surface area contributed by atoms with Gasteiger partial charge in [0.15, 0.2) is 5.60 Å². The molecular weight excluding hydrogens is 224 g/mol. The van der Waals surface area contributed by atoms with E-state index in [0.29, 0.717) is 6.54 Å². The number of hydrogen-bond donors (Lipinski definition) is 3. The van der Waals surface area contributed by atoms with Gasteiger partial charge >= 0.3 is 5.97 Å². The third kappa shape index (κ3) is 3.67. The highest BCUT2D eigenvalue weighted by Crippen LogP contribution is 2.18. The fourth-order valence-corrected chi connectivity index (χ4v) is 2.12. The first-order chi connectivity index (χ1) is 7.86. The molecule has 0 saturated carbocycles. The molecule has 0 aliphatic carbocycles. The van der Waals surface area contributed by atoms with Crippen LogP contribution in [0.25, 0.3) is 0 Å². The third-order valence-electron chi connectivity index (χ3n) is 3.11. The maximum absolute atomic E-state index is 11.5. The van der Waals surface area contributed by atoms with Crippen molar-refractivity contribution in [1.29, 1.82) is 0 Å².